The van der Waals surface area contributed by atoms with Crippen LogP contribution in [-0.4, -0.2) is 0 Å². The maximum Gasteiger partial charge on any atom is 0.143 e. The Kier molecular flexibility index (Phi) is 10.5. The number of rotatable bonds is 7. The molecule has 0 saturated carbocycles. The molecule has 13 aromatic carbocycles. The summed E-state index contributed by atoms with van der Waals surface area (Å²) in [6, 6.07) is 110. The van der Waals surface area contributed by atoms with Crippen LogP contribution >= 0.6 is 0 Å². The first-order chi connectivity index (χ1) is 41.2. The molecule has 0 amide bonds. The summed E-state index contributed by atoms with van der Waals surface area (Å²) in [5, 5.41) is 4.45. The van der Waals surface area contributed by atoms with Gasteiger partial charge >= 0.3 is 0 Å². The van der Waals surface area contributed by atoms with Crippen molar-refractivity contribution < 1.29 is 8.83 Å². The molecule has 15 aromatic rings. The van der Waals surface area contributed by atoms with Crippen LogP contribution in [0.3, 0.4) is 0 Å². The number of para-hydroxylation sites is 7. The lowest BCUT2D eigenvalue weighted by atomic mass is 9.60. The van der Waals surface area contributed by atoms with Crippen molar-refractivity contribution in [1.82, 2.24) is 0 Å². The number of furan rings is 2. The van der Waals surface area contributed by atoms with E-state index >= 15 is 0 Å². The van der Waals surface area contributed by atoms with E-state index in [2.05, 4.69) is 313 Å². The summed E-state index contributed by atoms with van der Waals surface area (Å²) in [5.41, 5.74) is 25.5. The van der Waals surface area contributed by atoms with E-state index in [0.29, 0.717) is 0 Å². The van der Waals surface area contributed by atoms with Gasteiger partial charge in [0.15, 0.2) is 0 Å². The zero-order valence-electron chi connectivity index (χ0n) is 45.1. The van der Waals surface area contributed by atoms with Crippen LogP contribution in [0.5, 0.6) is 0 Å². The van der Waals surface area contributed by atoms with E-state index in [1.807, 2.05) is 0 Å². The van der Waals surface area contributed by atoms with E-state index in [4.69, 9.17) is 8.83 Å². The van der Waals surface area contributed by atoms with Gasteiger partial charge in [0.2, 0.25) is 0 Å². The van der Waals surface area contributed by atoms with Crippen LogP contribution in [0.1, 0.15) is 22.3 Å². The average Bonchev–Trinajstić information content (AvgIpc) is 1.49. The van der Waals surface area contributed by atoms with Gasteiger partial charge in [-0.1, -0.05) is 249 Å². The molecule has 1 spiro atoms. The van der Waals surface area contributed by atoms with Crippen LogP contribution in [0.25, 0.3) is 99.5 Å². The zero-order valence-corrected chi connectivity index (χ0v) is 45.1. The molecular formula is C79H50N2O2. The lowest BCUT2D eigenvalue weighted by Gasteiger charge is -2.51. The first kappa shape index (κ1) is 46.9. The van der Waals surface area contributed by atoms with Crippen molar-refractivity contribution >= 4 is 78.0 Å². The highest BCUT2D eigenvalue weighted by molar-refractivity contribution is 6.14. The second kappa shape index (κ2) is 18.6. The van der Waals surface area contributed by atoms with Gasteiger partial charge in [0.1, 0.15) is 22.3 Å². The highest BCUT2D eigenvalue weighted by atomic mass is 16.3. The van der Waals surface area contributed by atoms with Crippen molar-refractivity contribution in [2.45, 2.75) is 5.41 Å². The van der Waals surface area contributed by atoms with Crippen LogP contribution < -0.4 is 9.80 Å². The monoisotopic (exact) mass is 1060 g/mol. The van der Waals surface area contributed by atoms with Gasteiger partial charge in [-0.25, -0.2) is 0 Å². The van der Waals surface area contributed by atoms with Crippen LogP contribution in [0.4, 0.5) is 34.1 Å². The normalized spacial score (nSPS) is 13.1. The number of anilines is 6. The van der Waals surface area contributed by atoms with Gasteiger partial charge in [0, 0.05) is 55.2 Å². The summed E-state index contributed by atoms with van der Waals surface area (Å²) in [6.07, 6.45) is 0. The third-order valence-electron chi connectivity index (χ3n) is 17.5. The molecule has 0 bridgehead atoms. The Morgan fingerprint density at radius 1 is 0.217 bits per heavy atom. The Bertz CT molecular complexity index is 4920. The second-order valence-corrected chi connectivity index (χ2v) is 21.8. The molecule has 0 fully saturated rings. The molecule has 4 heterocycles. The molecule has 4 heteroatoms. The maximum atomic E-state index is 6.91. The topological polar surface area (TPSA) is 32.8 Å². The fraction of sp³-hybridized carbons (Fsp3) is 0.0127. The molecule has 2 aromatic heterocycles. The molecule has 0 N–H and O–H groups in total. The Balaban J connectivity index is 0.807. The Morgan fingerprint density at radius 3 is 0.892 bits per heavy atom. The molecule has 0 aliphatic carbocycles. The number of hydrogen-bond acceptors (Lipinski definition) is 4. The quantitative estimate of drug-likeness (QED) is 0.159. The minimum Gasteiger partial charge on any atom is -0.455 e. The molecule has 83 heavy (non-hydrogen) atoms. The smallest absolute Gasteiger partial charge is 0.143 e. The van der Waals surface area contributed by atoms with Gasteiger partial charge in [-0.05, 0) is 110 Å². The van der Waals surface area contributed by atoms with Gasteiger partial charge in [-0.3, -0.25) is 0 Å². The van der Waals surface area contributed by atoms with Crippen molar-refractivity contribution in [2.75, 3.05) is 9.80 Å². The van der Waals surface area contributed by atoms with E-state index in [1.165, 1.54) is 27.8 Å². The lowest BCUT2D eigenvalue weighted by molar-refractivity contribution is 0.670. The van der Waals surface area contributed by atoms with Gasteiger partial charge in [0.25, 0.3) is 0 Å². The molecule has 2 aliphatic heterocycles. The summed E-state index contributed by atoms with van der Waals surface area (Å²) in [4.78, 5) is 4.94. The first-order valence-corrected chi connectivity index (χ1v) is 28.5. The largest absolute Gasteiger partial charge is 0.455 e. The Morgan fingerprint density at radius 2 is 0.518 bits per heavy atom. The fourth-order valence-electron chi connectivity index (χ4n) is 13.9. The van der Waals surface area contributed by atoms with Crippen molar-refractivity contribution in [3.63, 3.8) is 0 Å². The van der Waals surface area contributed by atoms with Crippen molar-refractivity contribution in [2.24, 2.45) is 0 Å². The van der Waals surface area contributed by atoms with Gasteiger partial charge in [-0.2, -0.15) is 0 Å². The third kappa shape index (κ3) is 7.06. The molecule has 2 aliphatic rings. The highest BCUT2D eigenvalue weighted by Gasteiger charge is 2.52. The van der Waals surface area contributed by atoms with E-state index in [1.54, 1.807) is 0 Å². The van der Waals surface area contributed by atoms with Gasteiger partial charge in [-0.15, -0.1) is 0 Å². The Hall–Kier alpha value is -10.9. The van der Waals surface area contributed by atoms with Crippen molar-refractivity contribution in [3.8, 4) is 55.6 Å². The maximum absolute atomic E-state index is 6.91. The number of fused-ring (bicyclic) bond motifs is 14. The summed E-state index contributed by atoms with van der Waals surface area (Å²) in [6.45, 7) is 0. The molecule has 388 valence electrons. The molecule has 0 saturated heterocycles. The zero-order chi connectivity index (χ0) is 54.6. The van der Waals surface area contributed by atoms with Crippen LogP contribution in [0.15, 0.2) is 312 Å². The molecule has 0 radical (unpaired) electrons. The van der Waals surface area contributed by atoms with E-state index < -0.39 is 5.41 Å². The van der Waals surface area contributed by atoms with Crippen LogP contribution in [-0.2, 0) is 5.41 Å². The average molecular weight is 1060 g/mol. The molecule has 4 nitrogen and oxygen atoms in total. The summed E-state index contributed by atoms with van der Waals surface area (Å²) in [7, 11) is 0. The number of hydrogen-bond donors (Lipinski definition) is 0. The minimum absolute atomic E-state index is 0.720. The number of benzene rings is 13. The van der Waals surface area contributed by atoms with Crippen molar-refractivity contribution in [1.29, 1.82) is 0 Å². The molecule has 0 unspecified atom stereocenters. The summed E-state index contributed by atoms with van der Waals surface area (Å²) in [5.74, 6) is 0. The number of nitrogens with zero attached hydrogens (tertiary/aromatic N) is 2. The first-order valence-electron chi connectivity index (χ1n) is 28.5. The SMILES string of the molecule is c1ccc(-c2ccc3c(c2)C2(c4ccccc4N(c4ccc(-c5cccc6c5oc5c(-c7ccccc7)cccc56)cc4)c4ccccc42)c2ccccc2N3c2ccc(-c3cccc4c3oc3c(-c5ccccc5)cccc34)cc2)cc1. The molecular weight excluding hydrogens is 1010 g/mol. The van der Waals surface area contributed by atoms with E-state index in [9.17, 15) is 0 Å². The van der Waals surface area contributed by atoms with Crippen LogP contribution in [0.2, 0.25) is 0 Å². The Labute approximate surface area is 480 Å². The van der Waals surface area contributed by atoms with E-state index in [-0.39, 0.29) is 0 Å². The minimum atomic E-state index is -0.720. The summed E-state index contributed by atoms with van der Waals surface area (Å²) >= 11 is 0. The molecule has 17 rings (SSSR count). The fourth-order valence-corrected chi connectivity index (χ4v) is 13.9. The van der Waals surface area contributed by atoms with Gasteiger partial charge in [0.05, 0.1) is 28.2 Å². The van der Waals surface area contributed by atoms with Crippen molar-refractivity contribution in [3.05, 3.63) is 326 Å². The van der Waals surface area contributed by atoms with Gasteiger partial charge < -0.3 is 18.6 Å². The highest BCUT2D eigenvalue weighted by Crippen LogP contribution is 2.64. The lowest BCUT2D eigenvalue weighted by Crippen LogP contribution is -2.42. The predicted molar refractivity (Wildman–Crippen MR) is 343 cm³/mol. The van der Waals surface area contributed by atoms with Crippen LogP contribution in [0, 0.1) is 0 Å². The molecule has 0 atom stereocenters. The summed E-state index contributed by atoms with van der Waals surface area (Å²) < 4.78 is 13.8. The third-order valence-corrected chi connectivity index (χ3v) is 17.5. The van der Waals surface area contributed by atoms with E-state index in [0.717, 1.165) is 128 Å². The second-order valence-electron chi connectivity index (χ2n) is 21.8. The standard InChI is InChI=1S/C79H50N2O2/c1-4-20-51(21-5-1)56-44-49-74-70(50-56)79(69-36-12-15-39-73(69)81(74)58-47-42-55(43-48-58)62-29-19-33-66-64-31-17-27-60(76(64)83-78(62)66)53-24-8-3-9-25-53)67-34-10-13-37-71(67)80(72-38-14-11-35-68(72)79)57-45-40-54(41-46-57)61-28-18-32-65-63-30-16-26-59(75(63)82-77(61)65)52-22-6-2-7-23-52/h1-50H. The predicted octanol–water partition coefficient (Wildman–Crippen LogP) is 21.8.